The Labute approximate surface area is 134 Å². The van der Waals surface area contributed by atoms with Gasteiger partial charge in [-0.1, -0.05) is 0 Å². The Balaban J connectivity index is 2.16. The van der Waals surface area contributed by atoms with Crippen molar-refractivity contribution in [1.82, 2.24) is 10.4 Å². The number of carbonyl (C=O) groups excluding carboxylic acids is 1. The van der Waals surface area contributed by atoms with Gasteiger partial charge < -0.3 is 10.2 Å². The maximum absolute atomic E-state index is 10.7. The number of nitrogens with two attached hydrogens (primary N) is 1. The summed E-state index contributed by atoms with van der Waals surface area (Å²) < 4.78 is 5.02. The van der Waals surface area contributed by atoms with Crippen molar-refractivity contribution in [2.24, 2.45) is 10.8 Å². The van der Waals surface area contributed by atoms with Crippen LogP contribution in [0.4, 0.5) is 10.7 Å². The average molecular weight is 335 g/mol. The van der Waals surface area contributed by atoms with Gasteiger partial charge in [0.05, 0.1) is 22.3 Å². The molecule has 120 valence electrons. The number of carbonyl (C=O) groups is 1. The Morgan fingerprint density at radius 3 is 2.87 bits per heavy atom. The second-order valence-electron chi connectivity index (χ2n) is 4.41. The number of rotatable bonds is 5. The molecule has 0 unspecified atom stereocenters. The number of hydrogen-bond acceptors (Lipinski definition) is 7. The zero-order valence-corrected chi connectivity index (χ0v) is 13.1. The topological polar surface area (TPSA) is 137 Å². The van der Waals surface area contributed by atoms with Crippen molar-refractivity contribution >= 4 is 41.1 Å². The van der Waals surface area contributed by atoms with Gasteiger partial charge in [-0.05, 0) is 32.1 Å². The van der Waals surface area contributed by atoms with Gasteiger partial charge >= 0.3 is 11.9 Å². The van der Waals surface area contributed by atoms with Crippen molar-refractivity contribution in [1.29, 1.82) is 0 Å². The summed E-state index contributed by atoms with van der Waals surface area (Å²) in [6, 6.07) is 2.04. The molecular weight excluding hydrogens is 322 g/mol. The summed E-state index contributed by atoms with van der Waals surface area (Å²) in [4.78, 5) is 25.7. The van der Waals surface area contributed by atoms with Gasteiger partial charge in [-0.3, -0.25) is 10.1 Å². The van der Waals surface area contributed by atoms with E-state index in [1.54, 1.807) is 19.1 Å². The third-order valence-electron chi connectivity index (χ3n) is 2.66. The SMILES string of the molecule is CC(=NNC(N)=O)c1sc(C=Cc2ccc([N+](=O)[O-])o2)nc1C. The molecule has 0 radical (unpaired) electrons. The van der Waals surface area contributed by atoms with Gasteiger partial charge in [-0.15, -0.1) is 11.3 Å². The zero-order chi connectivity index (χ0) is 17.0. The fourth-order valence-electron chi connectivity index (χ4n) is 1.70. The van der Waals surface area contributed by atoms with Crippen LogP contribution in [-0.2, 0) is 0 Å². The van der Waals surface area contributed by atoms with Crippen molar-refractivity contribution in [3.63, 3.8) is 0 Å². The first-order valence-corrected chi connectivity index (χ1v) is 7.18. The highest BCUT2D eigenvalue weighted by atomic mass is 32.1. The van der Waals surface area contributed by atoms with Crippen LogP contribution in [0.1, 0.15) is 28.3 Å². The van der Waals surface area contributed by atoms with Crippen molar-refractivity contribution in [3.8, 4) is 0 Å². The van der Waals surface area contributed by atoms with Crippen molar-refractivity contribution in [2.75, 3.05) is 0 Å². The van der Waals surface area contributed by atoms with Crippen molar-refractivity contribution in [3.05, 3.63) is 43.6 Å². The smallest absolute Gasteiger partial charge is 0.401 e. The summed E-state index contributed by atoms with van der Waals surface area (Å²) in [6.07, 6.45) is 3.27. The number of nitrogens with one attached hydrogen (secondary N) is 1. The average Bonchev–Trinajstić information content (AvgIpc) is 3.09. The van der Waals surface area contributed by atoms with Gasteiger partial charge in [-0.25, -0.2) is 15.2 Å². The zero-order valence-electron chi connectivity index (χ0n) is 12.3. The highest BCUT2D eigenvalue weighted by Gasteiger charge is 2.11. The van der Waals surface area contributed by atoms with E-state index in [-0.39, 0.29) is 5.88 Å². The Bertz CT molecular complexity index is 805. The molecule has 3 N–H and O–H groups in total. The Hall–Kier alpha value is -3.01. The number of primary amides is 1. The molecule has 9 nitrogen and oxygen atoms in total. The molecule has 2 rings (SSSR count). The van der Waals surface area contributed by atoms with Crippen molar-refractivity contribution in [2.45, 2.75) is 13.8 Å². The first-order chi connectivity index (χ1) is 10.9. The number of aromatic nitrogens is 1. The lowest BCUT2D eigenvalue weighted by Gasteiger charge is -1.97. The molecule has 23 heavy (non-hydrogen) atoms. The number of aryl methyl sites for hydroxylation is 1. The summed E-state index contributed by atoms with van der Waals surface area (Å²) in [5.74, 6) is 0.0352. The second-order valence-corrected chi connectivity index (χ2v) is 5.44. The van der Waals surface area contributed by atoms with E-state index in [2.05, 4.69) is 15.5 Å². The van der Waals surface area contributed by atoms with Crippen LogP contribution in [-0.4, -0.2) is 21.7 Å². The number of nitrogens with zero attached hydrogens (tertiary/aromatic N) is 3. The number of urea groups is 1. The van der Waals surface area contributed by atoms with Crippen molar-refractivity contribution < 1.29 is 14.1 Å². The first-order valence-electron chi connectivity index (χ1n) is 6.36. The molecule has 2 amide bonds. The molecule has 0 atom stereocenters. The van der Waals surface area contributed by atoms with E-state index in [1.165, 1.54) is 23.5 Å². The van der Waals surface area contributed by atoms with Gasteiger partial charge in [-0.2, -0.15) is 5.10 Å². The van der Waals surface area contributed by atoms with Crippen LogP contribution in [0.25, 0.3) is 12.2 Å². The predicted octanol–water partition coefficient (Wildman–Crippen LogP) is 2.52. The van der Waals surface area contributed by atoms with Crippen LogP contribution < -0.4 is 11.2 Å². The van der Waals surface area contributed by atoms with E-state index < -0.39 is 11.0 Å². The molecule has 10 heteroatoms. The van der Waals surface area contributed by atoms with E-state index in [1.807, 2.05) is 6.92 Å². The number of amides is 2. The molecule has 0 fully saturated rings. The molecule has 0 aliphatic heterocycles. The first kappa shape index (κ1) is 16.4. The quantitative estimate of drug-likeness (QED) is 0.491. The summed E-state index contributed by atoms with van der Waals surface area (Å²) in [5, 5.41) is 15.1. The standard InChI is InChI=1S/C13H13N5O4S/c1-7-12(8(2)16-17-13(14)19)23-10(15-7)5-3-9-4-6-11(22-9)18(20)21/h3-6H,1-2H3,(H3,14,17,19). The van der Waals surface area contributed by atoms with Crippen LogP contribution in [0.5, 0.6) is 0 Å². The lowest BCUT2D eigenvalue weighted by molar-refractivity contribution is -0.402. The van der Waals surface area contributed by atoms with Gasteiger partial charge in [0.2, 0.25) is 0 Å². The van der Waals surface area contributed by atoms with Gasteiger partial charge in [0, 0.05) is 0 Å². The third kappa shape index (κ3) is 4.23. The molecule has 2 heterocycles. The van der Waals surface area contributed by atoms with Crippen LogP contribution in [0.15, 0.2) is 21.7 Å². The molecule has 0 aliphatic rings. The number of furan rings is 1. The molecule has 2 aromatic heterocycles. The van der Waals surface area contributed by atoms with E-state index in [0.29, 0.717) is 16.5 Å². The van der Waals surface area contributed by atoms with Gasteiger partial charge in [0.15, 0.2) is 0 Å². The van der Waals surface area contributed by atoms with E-state index in [0.717, 1.165) is 10.6 Å². The fourth-order valence-corrected chi connectivity index (χ4v) is 2.61. The molecule has 2 aromatic rings. The largest absolute Gasteiger partial charge is 0.433 e. The molecule has 0 bridgehead atoms. The molecule has 0 saturated heterocycles. The summed E-state index contributed by atoms with van der Waals surface area (Å²) in [5.41, 5.74) is 8.44. The van der Waals surface area contributed by atoms with E-state index >= 15 is 0 Å². The third-order valence-corrected chi connectivity index (χ3v) is 3.89. The maximum atomic E-state index is 10.7. The molecule has 0 aliphatic carbocycles. The summed E-state index contributed by atoms with van der Waals surface area (Å²) in [6.45, 7) is 3.53. The molecular formula is C13H13N5O4S. The number of hydrogen-bond donors (Lipinski definition) is 2. The minimum absolute atomic E-state index is 0.318. The van der Waals surface area contributed by atoms with E-state index in [4.69, 9.17) is 10.2 Å². The highest BCUT2D eigenvalue weighted by molar-refractivity contribution is 7.14. The van der Waals surface area contributed by atoms with Gasteiger partial charge in [0.25, 0.3) is 0 Å². The van der Waals surface area contributed by atoms with E-state index in [9.17, 15) is 14.9 Å². The minimum atomic E-state index is -0.744. The number of thiazole rings is 1. The minimum Gasteiger partial charge on any atom is -0.401 e. The Morgan fingerprint density at radius 1 is 1.52 bits per heavy atom. The predicted molar refractivity (Wildman–Crippen MR) is 86.1 cm³/mol. The summed E-state index contributed by atoms with van der Waals surface area (Å²) in [7, 11) is 0. The molecule has 0 spiro atoms. The fraction of sp³-hybridized carbons (Fsp3) is 0.154. The lowest BCUT2D eigenvalue weighted by Crippen LogP contribution is -2.25. The molecule has 0 saturated carbocycles. The summed E-state index contributed by atoms with van der Waals surface area (Å²) >= 11 is 1.36. The number of hydrazone groups is 1. The number of nitro groups is 1. The monoisotopic (exact) mass is 335 g/mol. The van der Waals surface area contributed by atoms with Crippen LogP contribution in [0, 0.1) is 17.0 Å². The van der Waals surface area contributed by atoms with Gasteiger partial charge in [0.1, 0.15) is 15.7 Å². The van der Waals surface area contributed by atoms with Crippen LogP contribution in [0.2, 0.25) is 0 Å². The second kappa shape index (κ2) is 6.83. The molecule has 0 aromatic carbocycles. The normalized spacial score (nSPS) is 11.8. The highest BCUT2D eigenvalue weighted by Crippen LogP contribution is 2.22. The Morgan fingerprint density at radius 2 is 2.26 bits per heavy atom. The maximum Gasteiger partial charge on any atom is 0.433 e. The van der Waals surface area contributed by atoms with Crippen LogP contribution >= 0.6 is 11.3 Å². The lowest BCUT2D eigenvalue weighted by atomic mass is 10.3. The Kier molecular flexibility index (Phi) is 4.86. The van der Waals surface area contributed by atoms with Crippen LogP contribution in [0.3, 0.4) is 0 Å².